The minimum absolute atomic E-state index is 0.769. The van der Waals surface area contributed by atoms with Gasteiger partial charge >= 0.3 is 0 Å². The second kappa shape index (κ2) is 6.38. The average molecular weight is 199 g/mol. The van der Waals surface area contributed by atoms with Crippen molar-refractivity contribution in [3.63, 3.8) is 0 Å². The van der Waals surface area contributed by atoms with Crippen molar-refractivity contribution in [2.24, 2.45) is 0 Å². The molecular formula is C11H25N3. The van der Waals surface area contributed by atoms with Gasteiger partial charge in [-0.15, -0.1) is 0 Å². The van der Waals surface area contributed by atoms with Crippen LogP contribution in [0.1, 0.15) is 19.3 Å². The highest BCUT2D eigenvalue weighted by molar-refractivity contribution is 4.76. The van der Waals surface area contributed by atoms with E-state index in [1.165, 1.54) is 25.8 Å². The number of nitrogens with zero attached hydrogens (tertiary/aromatic N) is 2. The standard InChI is InChI=1S/C11H25N3/c1-13(2)9-7-12-10-11-6-4-5-8-14(11)3/h11-12H,4-10H2,1-3H3. The topological polar surface area (TPSA) is 18.5 Å². The van der Waals surface area contributed by atoms with E-state index in [-0.39, 0.29) is 0 Å². The lowest BCUT2D eigenvalue weighted by Gasteiger charge is -2.32. The Bertz CT molecular complexity index is 147. The molecule has 1 saturated heterocycles. The molecule has 1 aliphatic rings. The van der Waals surface area contributed by atoms with Crippen LogP contribution >= 0.6 is 0 Å². The number of piperidine rings is 1. The summed E-state index contributed by atoms with van der Waals surface area (Å²) in [5.41, 5.74) is 0. The molecule has 0 spiro atoms. The van der Waals surface area contributed by atoms with Crippen molar-refractivity contribution >= 4 is 0 Å². The van der Waals surface area contributed by atoms with Crippen molar-refractivity contribution in [3.8, 4) is 0 Å². The van der Waals surface area contributed by atoms with E-state index in [2.05, 4.69) is 36.3 Å². The molecule has 3 heteroatoms. The molecule has 1 aliphatic heterocycles. The van der Waals surface area contributed by atoms with Gasteiger partial charge in [-0.25, -0.2) is 0 Å². The quantitative estimate of drug-likeness (QED) is 0.655. The van der Waals surface area contributed by atoms with Gasteiger partial charge in [0.05, 0.1) is 0 Å². The maximum Gasteiger partial charge on any atom is 0.0217 e. The molecule has 1 unspecified atom stereocenters. The molecule has 84 valence electrons. The third kappa shape index (κ3) is 4.40. The first kappa shape index (κ1) is 12.0. The van der Waals surface area contributed by atoms with Crippen LogP contribution in [0.15, 0.2) is 0 Å². The van der Waals surface area contributed by atoms with Gasteiger partial charge in [0.25, 0.3) is 0 Å². The van der Waals surface area contributed by atoms with Crippen LogP contribution in [0.3, 0.4) is 0 Å². The lowest BCUT2D eigenvalue weighted by molar-refractivity contribution is 0.181. The molecule has 14 heavy (non-hydrogen) atoms. The summed E-state index contributed by atoms with van der Waals surface area (Å²) in [7, 11) is 6.49. The Kier molecular flexibility index (Phi) is 5.45. The molecule has 0 bridgehead atoms. The van der Waals surface area contributed by atoms with Crippen molar-refractivity contribution in [2.75, 3.05) is 47.3 Å². The molecule has 0 saturated carbocycles. The van der Waals surface area contributed by atoms with Gasteiger partial charge in [-0.05, 0) is 40.5 Å². The lowest BCUT2D eigenvalue weighted by atomic mass is 10.0. The van der Waals surface area contributed by atoms with Gasteiger partial charge in [-0.3, -0.25) is 0 Å². The van der Waals surface area contributed by atoms with Gasteiger partial charge < -0.3 is 15.1 Å². The number of nitrogens with one attached hydrogen (secondary N) is 1. The summed E-state index contributed by atoms with van der Waals surface area (Å²) in [4.78, 5) is 4.71. The van der Waals surface area contributed by atoms with E-state index < -0.39 is 0 Å². The smallest absolute Gasteiger partial charge is 0.0217 e. The van der Waals surface area contributed by atoms with Gasteiger partial charge in [0, 0.05) is 25.7 Å². The molecule has 1 N–H and O–H groups in total. The number of likely N-dealkylation sites (tertiary alicyclic amines) is 1. The van der Waals surface area contributed by atoms with E-state index in [9.17, 15) is 0 Å². The highest BCUT2D eigenvalue weighted by atomic mass is 15.2. The summed E-state index contributed by atoms with van der Waals surface area (Å²) < 4.78 is 0. The molecule has 1 atom stereocenters. The number of hydrogen-bond donors (Lipinski definition) is 1. The summed E-state index contributed by atoms with van der Waals surface area (Å²) in [6.07, 6.45) is 4.15. The fourth-order valence-corrected chi connectivity index (χ4v) is 1.97. The number of rotatable bonds is 5. The molecular weight excluding hydrogens is 174 g/mol. The van der Waals surface area contributed by atoms with Crippen LogP contribution in [-0.4, -0.2) is 63.2 Å². The average Bonchev–Trinajstić information content (AvgIpc) is 2.15. The van der Waals surface area contributed by atoms with Crippen LogP contribution in [-0.2, 0) is 0 Å². The largest absolute Gasteiger partial charge is 0.314 e. The predicted octanol–water partition coefficient (Wildman–Crippen LogP) is 0.622. The second-order valence-corrected chi connectivity index (χ2v) is 4.64. The summed E-state index contributed by atoms with van der Waals surface area (Å²) in [6, 6.07) is 0.769. The third-order valence-corrected chi connectivity index (χ3v) is 3.04. The summed E-state index contributed by atoms with van der Waals surface area (Å²) in [5.74, 6) is 0. The fourth-order valence-electron chi connectivity index (χ4n) is 1.97. The van der Waals surface area contributed by atoms with Crippen molar-refractivity contribution in [2.45, 2.75) is 25.3 Å². The van der Waals surface area contributed by atoms with Crippen LogP contribution in [0.4, 0.5) is 0 Å². The Morgan fingerprint density at radius 2 is 2.14 bits per heavy atom. The van der Waals surface area contributed by atoms with E-state index in [1.54, 1.807) is 0 Å². The van der Waals surface area contributed by atoms with E-state index >= 15 is 0 Å². The van der Waals surface area contributed by atoms with Crippen LogP contribution in [0, 0.1) is 0 Å². The molecule has 0 aliphatic carbocycles. The first-order valence-electron chi connectivity index (χ1n) is 5.76. The highest BCUT2D eigenvalue weighted by Crippen LogP contribution is 2.13. The minimum atomic E-state index is 0.769. The van der Waals surface area contributed by atoms with Crippen molar-refractivity contribution in [1.29, 1.82) is 0 Å². The molecule has 1 fully saturated rings. The van der Waals surface area contributed by atoms with E-state index in [4.69, 9.17) is 0 Å². The molecule has 0 aromatic rings. The van der Waals surface area contributed by atoms with Crippen LogP contribution in [0.25, 0.3) is 0 Å². The van der Waals surface area contributed by atoms with E-state index in [1.807, 2.05) is 0 Å². The summed E-state index contributed by atoms with van der Waals surface area (Å²) in [6.45, 7) is 4.68. The van der Waals surface area contributed by atoms with Gasteiger partial charge in [-0.2, -0.15) is 0 Å². The van der Waals surface area contributed by atoms with Crippen LogP contribution < -0.4 is 5.32 Å². The lowest BCUT2D eigenvalue weighted by Crippen LogP contribution is -2.44. The summed E-state index contributed by atoms with van der Waals surface area (Å²) >= 11 is 0. The molecule has 0 aromatic heterocycles. The molecule has 1 rings (SSSR count). The minimum Gasteiger partial charge on any atom is -0.314 e. The molecule has 3 nitrogen and oxygen atoms in total. The number of hydrogen-bond acceptors (Lipinski definition) is 3. The second-order valence-electron chi connectivity index (χ2n) is 4.64. The third-order valence-electron chi connectivity index (χ3n) is 3.04. The zero-order chi connectivity index (χ0) is 10.4. The monoisotopic (exact) mass is 199 g/mol. The van der Waals surface area contributed by atoms with Crippen molar-refractivity contribution in [3.05, 3.63) is 0 Å². The Balaban J connectivity index is 2.04. The van der Waals surface area contributed by atoms with E-state index in [0.717, 1.165) is 25.7 Å². The SMILES string of the molecule is CN(C)CCNCC1CCCCN1C. The number of likely N-dealkylation sites (N-methyl/N-ethyl adjacent to an activating group) is 2. The predicted molar refractivity (Wildman–Crippen MR) is 61.7 cm³/mol. The van der Waals surface area contributed by atoms with Gasteiger partial charge in [0.1, 0.15) is 0 Å². The Morgan fingerprint density at radius 1 is 1.36 bits per heavy atom. The maximum absolute atomic E-state index is 3.53. The van der Waals surface area contributed by atoms with Crippen LogP contribution in [0.5, 0.6) is 0 Å². The Hall–Kier alpha value is -0.120. The molecule has 0 amide bonds. The Morgan fingerprint density at radius 3 is 2.79 bits per heavy atom. The summed E-state index contributed by atoms with van der Waals surface area (Å²) in [5, 5.41) is 3.53. The molecule has 0 aromatic carbocycles. The normalized spacial score (nSPS) is 24.4. The first-order valence-corrected chi connectivity index (χ1v) is 5.76. The first-order chi connectivity index (χ1) is 6.70. The maximum atomic E-state index is 3.53. The fraction of sp³-hybridized carbons (Fsp3) is 1.00. The zero-order valence-corrected chi connectivity index (χ0v) is 9.92. The zero-order valence-electron chi connectivity index (χ0n) is 9.92. The van der Waals surface area contributed by atoms with Crippen molar-refractivity contribution < 1.29 is 0 Å². The Labute approximate surface area is 88.5 Å². The molecule has 0 radical (unpaired) electrons. The van der Waals surface area contributed by atoms with Crippen LogP contribution in [0.2, 0.25) is 0 Å². The molecule has 1 heterocycles. The van der Waals surface area contributed by atoms with E-state index in [0.29, 0.717) is 0 Å². The van der Waals surface area contributed by atoms with Gasteiger partial charge in [0.15, 0.2) is 0 Å². The van der Waals surface area contributed by atoms with Gasteiger partial charge in [0.2, 0.25) is 0 Å². The van der Waals surface area contributed by atoms with Gasteiger partial charge in [-0.1, -0.05) is 6.42 Å². The highest BCUT2D eigenvalue weighted by Gasteiger charge is 2.17. The van der Waals surface area contributed by atoms with Crippen molar-refractivity contribution in [1.82, 2.24) is 15.1 Å².